The van der Waals surface area contributed by atoms with Crippen LogP contribution < -0.4 is 4.72 Å². The van der Waals surface area contributed by atoms with Crippen molar-refractivity contribution in [2.75, 3.05) is 0 Å². The van der Waals surface area contributed by atoms with E-state index in [0.29, 0.717) is 15.9 Å². The molecule has 4 aliphatic carbocycles. The van der Waals surface area contributed by atoms with Crippen LogP contribution in [0.1, 0.15) is 51.0 Å². The predicted octanol–water partition coefficient (Wildman–Crippen LogP) is 3.88. The summed E-state index contributed by atoms with van der Waals surface area (Å²) in [4.78, 5) is 0.306. The van der Waals surface area contributed by atoms with Crippen LogP contribution in [-0.2, 0) is 10.0 Å². The summed E-state index contributed by atoms with van der Waals surface area (Å²) in [5.41, 5.74) is 2.03. The van der Waals surface area contributed by atoms with Gasteiger partial charge in [0.25, 0.3) is 0 Å². The van der Waals surface area contributed by atoms with Gasteiger partial charge in [0, 0.05) is 6.04 Å². The summed E-state index contributed by atoms with van der Waals surface area (Å²) in [5, 5.41) is 0. The van der Waals surface area contributed by atoms with Crippen LogP contribution in [0.3, 0.4) is 0 Å². The Bertz CT molecular complexity index is 931. The molecule has 1 N–H and O–H groups in total. The first-order chi connectivity index (χ1) is 12.4. The maximum atomic E-state index is 13.3. The standard InChI is InChI=1S/C19H25N3O2S2/c1-11-3-4-16-17(21-25-20-16)18(11)26(23,24)22-12(2)19-8-13-5-14(9-19)7-15(6-13)10-19/h3-4,12-15,22H,5-10H2,1-2H3/t12-,13?,14?,15?,19?/m0/s1. The Morgan fingerprint density at radius 2 is 1.73 bits per heavy atom. The molecule has 4 aliphatic rings. The molecule has 140 valence electrons. The fraction of sp³-hybridized carbons (Fsp3) is 0.684. The van der Waals surface area contributed by atoms with Gasteiger partial charge in [0.05, 0.1) is 11.7 Å². The molecule has 0 saturated heterocycles. The molecule has 2 aromatic rings. The Morgan fingerprint density at radius 1 is 1.12 bits per heavy atom. The van der Waals surface area contributed by atoms with Gasteiger partial charge in [-0.1, -0.05) is 6.07 Å². The highest BCUT2D eigenvalue weighted by atomic mass is 32.2. The average Bonchev–Trinajstić information content (AvgIpc) is 3.00. The Morgan fingerprint density at radius 3 is 2.35 bits per heavy atom. The lowest BCUT2D eigenvalue weighted by atomic mass is 9.48. The lowest BCUT2D eigenvalue weighted by molar-refractivity contribution is -0.0666. The Labute approximate surface area is 159 Å². The zero-order valence-corrected chi connectivity index (χ0v) is 16.9. The minimum absolute atomic E-state index is 0.0397. The second-order valence-corrected chi connectivity index (χ2v) is 11.1. The Balaban J connectivity index is 1.48. The molecule has 0 unspecified atom stereocenters. The summed E-state index contributed by atoms with van der Waals surface area (Å²) in [6, 6.07) is 3.63. The van der Waals surface area contributed by atoms with Crippen molar-refractivity contribution in [1.82, 2.24) is 13.5 Å². The predicted molar refractivity (Wildman–Crippen MR) is 103 cm³/mol. The molecular weight excluding hydrogens is 366 g/mol. The van der Waals surface area contributed by atoms with Gasteiger partial charge >= 0.3 is 0 Å². The van der Waals surface area contributed by atoms with Crippen molar-refractivity contribution in [2.24, 2.45) is 23.2 Å². The number of aromatic nitrogens is 2. The fourth-order valence-electron chi connectivity index (χ4n) is 6.39. The highest BCUT2D eigenvalue weighted by molar-refractivity contribution is 7.89. The van der Waals surface area contributed by atoms with Gasteiger partial charge in [-0.2, -0.15) is 8.75 Å². The average molecular weight is 392 g/mol. The van der Waals surface area contributed by atoms with E-state index in [-0.39, 0.29) is 11.5 Å². The van der Waals surface area contributed by atoms with E-state index in [1.807, 2.05) is 19.1 Å². The minimum atomic E-state index is -3.63. The normalized spacial score (nSPS) is 34.5. The number of fused-ring (bicyclic) bond motifs is 1. The molecule has 6 rings (SSSR count). The molecule has 0 aliphatic heterocycles. The van der Waals surface area contributed by atoms with Gasteiger partial charge < -0.3 is 0 Å². The van der Waals surface area contributed by atoms with E-state index < -0.39 is 10.0 Å². The van der Waals surface area contributed by atoms with Gasteiger partial charge in [-0.25, -0.2) is 13.1 Å². The first kappa shape index (κ1) is 17.1. The second-order valence-electron chi connectivity index (χ2n) is 8.97. The van der Waals surface area contributed by atoms with Gasteiger partial charge in [-0.3, -0.25) is 0 Å². The quantitative estimate of drug-likeness (QED) is 0.858. The van der Waals surface area contributed by atoms with Crippen molar-refractivity contribution in [3.8, 4) is 0 Å². The maximum absolute atomic E-state index is 13.3. The van der Waals surface area contributed by atoms with E-state index in [0.717, 1.165) is 35.0 Å². The molecule has 0 spiro atoms. The molecule has 1 aromatic heterocycles. The van der Waals surface area contributed by atoms with Crippen LogP contribution in [0.4, 0.5) is 0 Å². The van der Waals surface area contributed by atoms with Crippen molar-refractivity contribution >= 4 is 32.8 Å². The highest BCUT2D eigenvalue weighted by Gasteiger charge is 2.53. The molecule has 1 heterocycles. The molecule has 1 aromatic carbocycles. The molecule has 0 radical (unpaired) electrons. The van der Waals surface area contributed by atoms with Crippen molar-refractivity contribution in [2.45, 2.75) is 63.3 Å². The van der Waals surface area contributed by atoms with Gasteiger partial charge in [0.15, 0.2) is 0 Å². The van der Waals surface area contributed by atoms with Gasteiger partial charge in [0.2, 0.25) is 10.0 Å². The number of nitrogens with one attached hydrogen (secondary N) is 1. The number of hydrogen-bond donors (Lipinski definition) is 1. The SMILES string of the molecule is Cc1ccc2nsnc2c1S(=O)(=O)N[C@@H](C)C12CC3CC(CC(C3)C1)C2. The highest BCUT2D eigenvalue weighted by Crippen LogP contribution is 2.61. The third-order valence-electron chi connectivity index (χ3n) is 7.18. The van der Waals surface area contributed by atoms with Crippen molar-refractivity contribution < 1.29 is 8.42 Å². The summed E-state index contributed by atoms with van der Waals surface area (Å²) in [7, 11) is -3.63. The summed E-state index contributed by atoms with van der Waals surface area (Å²) < 4.78 is 38.1. The second kappa shape index (κ2) is 5.72. The molecule has 5 nitrogen and oxygen atoms in total. The summed E-state index contributed by atoms with van der Waals surface area (Å²) in [6.45, 7) is 3.92. The fourth-order valence-corrected chi connectivity index (χ4v) is 8.72. The van der Waals surface area contributed by atoms with E-state index in [1.54, 1.807) is 0 Å². The number of nitrogens with zero attached hydrogens (tertiary/aromatic N) is 2. The minimum Gasteiger partial charge on any atom is -0.208 e. The maximum Gasteiger partial charge on any atom is 0.243 e. The molecule has 0 amide bonds. The van der Waals surface area contributed by atoms with Gasteiger partial charge in [0.1, 0.15) is 15.9 Å². The molecular formula is C19H25N3O2S2. The third kappa shape index (κ3) is 2.54. The third-order valence-corrected chi connectivity index (χ3v) is 9.44. The number of benzene rings is 1. The van der Waals surface area contributed by atoms with Crippen molar-refractivity contribution in [3.05, 3.63) is 17.7 Å². The Kier molecular flexibility index (Phi) is 3.76. The molecule has 26 heavy (non-hydrogen) atoms. The smallest absolute Gasteiger partial charge is 0.208 e. The molecule has 4 bridgehead atoms. The van der Waals surface area contributed by atoms with E-state index in [9.17, 15) is 8.42 Å². The van der Waals surface area contributed by atoms with Crippen LogP contribution in [0.2, 0.25) is 0 Å². The molecule has 4 saturated carbocycles. The van der Waals surface area contributed by atoms with Gasteiger partial charge in [-0.15, -0.1) is 0 Å². The summed E-state index contributed by atoms with van der Waals surface area (Å²) in [5.74, 6) is 2.42. The van der Waals surface area contributed by atoms with Crippen LogP contribution in [0.15, 0.2) is 17.0 Å². The zero-order chi connectivity index (χ0) is 18.1. The van der Waals surface area contributed by atoms with Crippen LogP contribution in [0.5, 0.6) is 0 Å². The van der Waals surface area contributed by atoms with Crippen molar-refractivity contribution in [3.63, 3.8) is 0 Å². The van der Waals surface area contributed by atoms with E-state index >= 15 is 0 Å². The lowest BCUT2D eigenvalue weighted by Gasteiger charge is -2.59. The molecule has 4 fully saturated rings. The van der Waals surface area contributed by atoms with Crippen LogP contribution in [0.25, 0.3) is 11.0 Å². The number of aryl methyl sites for hydroxylation is 1. The van der Waals surface area contributed by atoms with Crippen molar-refractivity contribution in [1.29, 1.82) is 0 Å². The number of sulfonamides is 1. The van der Waals surface area contributed by atoms with E-state index in [2.05, 4.69) is 20.4 Å². The van der Waals surface area contributed by atoms with Crippen LogP contribution in [-0.4, -0.2) is 23.2 Å². The van der Waals surface area contributed by atoms with Gasteiger partial charge in [-0.05, 0) is 87.2 Å². The van der Waals surface area contributed by atoms with Crippen LogP contribution >= 0.6 is 11.7 Å². The molecule has 1 atom stereocenters. The largest absolute Gasteiger partial charge is 0.243 e. The topological polar surface area (TPSA) is 72.0 Å². The monoisotopic (exact) mass is 391 g/mol. The first-order valence-electron chi connectivity index (χ1n) is 9.60. The summed E-state index contributed by atoms with van der Waals surface area (Å²) >= 11 is 1.07. The number of hydrogen-bond acceptors (Lipinski definition) is 5. The van der Waals surface area contributed by atoms with Crippen LogP contribution in [0, 0.1) is 30.1 Å². The Hall–Kier alpha value is -1.05. The zero-order valence-electron chi connectivity index (χ0n) is 15.2. The molecule has 7 heteroatoms. The first-order valence-corrected chi connectivity index (χ1v) is 11.8. The summed E-state index contributed by atoms with van der Waals surface area (Å²) in [6.07, 6.45) is 7.64. The lowest BCUT2D eigenvalue weighted by Crippen LogP contribution is -2.55. The number of rotatable bonds is 4. The van der Waals surface area contributed by atoms with E-state index in [4.69, 9.17) is 0 Å². The van der Waals surface area contributed by atoms with E-state index in [1.165, 1.54) is 38.5 Å².